The van der Waals surface area contributed by atoms with Crippen LogP contribution in [0.3, 0.4) is 0 Å². The molecule has 0 aromatic rings. The molecule has 8 atom stereocenters. The molecule has 6 heteroatoms. The molecule has 6 nitrogen and oxygen atoms in total. The molecule has 5 aliphatic carbocycles. The molecule has 4 saturated carbocycles. The van der Waals surface area contributed by atoms with E-state index in [0.29, 0.717) is 18.9 Å². The topological polar surface area (TPSA) is 75.7 Å². The van der Waals surface area contributed by atoms with Gasteiger partial charge in [0, 0.05) is 18.5 Å². The molecule has 5 aliphatic rings. The Morgan fingerprint density at radius 3 is 2.23 bits per heavy atom. The van der Waals surface area contributed by atoms with Crippen LogP contribution in [0.1, 0.15) is 120 Å². The predicted molar refractivity (Wildman–Crippen MR) is 176 cm³/mol. The zero-order chi connectivity index (χ0) is 32.5. The fourth-order valence-electron chi connectivity index (χ4n) is 12.0. The molecule has 4 unspecified atom stereocenters. The number of rotatable bonds is 7. The summed E-state index contributed by atoms with van der Waals surface area (Å²) in [5.74, 6) is 0.299. The van der Waals surface area contributed by atoms with Crippen LogP contribution < -0.4 is 5.32 Å². The maximum absolute atomic E-state index is 14.0. The van der Waals surface area contributed by atoms with Crippen LogP contribution in [0.5, 0.6) is 0 Å². The summed E-state index contributed by atoms with van der Waals surface area (Å²) in [6.07, 6.45) is 11.1. The molecule has 4 fully saturated rings. The zero-order valence-electron chi connectivity index (χ0n) is 29.7. The van der Waals surface area contributed by atoms with Gasteiger partial charge in [-0.1, -0.05) is 74.0 Å². The van der Waals surface area contributed by atoms with E-state index in [1.54, 1.807) is 7.11 Å². The van der Waals surface area contributed by atoms with Crippen LogP contribution >= 0.6 is 0 Å². The van der Waals surface area contributed by atoms with Gasteiger partial charge in [0.25, 0.3) is 0 Å². The predicted octanol–water partition coefficient (Wildman–Crippen LogP) is 7.21. The molecule has 0 saturated heterocycles. The molecule has 1 N–H and O–H groups in total. The quantitative estimate of drug-likeness (QED) is 0.187. The van der Waals surface area contributed by atoms with Gasteiger partial charge in [0.1, 0.15) is 0 Å². The number of fused-ring (bicyclic) bond motifs is 7. The molecule has 0 heterocycles. The van der Waals surface area contributed by atoms with E-state index in [1.165, 1.54) is 5.57 Å². The summed E-state index contributed by atoms with van der Waals surface area (Å²) >= 11 is 0. The molecular formula is C38H62N2O4. The molecule has 1 amide bonds. The SMILES string of the molecule is CCN(CC)CCNC(=O)C1C[C@@]2(C)C(CC[C@]3(C)C2CC=C2C4CC(C)(C)CC[C@]4(C(=O)OC)CC[C@]23C)C(C)(C)C1=O. The first-order chi connectivity index (χ1) is 20.5. The van der Waals surface area contributed by atoms with E-state index in [1.807, 2.05) is 0 Å². The molecule has 0 aromatic carbocycles. The van der Waals surface area contributed by atoms with Crippen molar-refractivity contribution in [2.24, 2.45) is 56.2 Å². The highest BCUT2D eigenvalue weighted by molar-refractivity contribution is 6.04. The summed E-state index contributed by atoms with van der Waals surface area (Å²) in [6.45, 7) is 24.0. The van der Waals surface area contributed by atoms with E-state index >= 15 is 0 Å². The lowest BCUT2D eigenvalue weighted by Gasteiger charge is -2.71. The van der Waals surface area contributed by atoms with Crippen molar-refractivity contribution in [1.82, 2.24) is 10.2 Å². The molecule has 0 spiro atoms. The number of amides is 1. The number of hydrogen-bond acceptors (Lipinski definition) is 5. The average molecular weight is 611 g/mol. The largest absolute Gasteiger partial charge is 0.469 e. The molecule has 248 valence electrons. The Kier molecular flexibility index (Phi) is 8.59. The van der Waals surface area contributed by atoms with E-state index in [9.17, 15) is 14.4 Å². The maximum Gasteiger partial charge on any atom is 0.312 e. The Morgan fingerprint density at radius 1 is 0.932 bits per heavy atom. The minimum atomic E-state index is -0.596. The number of carbonyl (C=O) groups excluding carboxylic acids is 3. The number of nitrogens with one attached hydrogen (secondary N) is 1. The molecular weight excluding hydrogens is 548 g/mol. The van der Waals surface area contributed by atoms with Gasteiger partial charge in [0.2, 0.25) is 5.91 Å². The molecule has 5 rings (SSSR count). The standard InChI is InChI=1S/C38H62N2O4/c1-11-40(12-2)22-21-39-31(42)25-23-35(7)28(34(5,6)30(25)41)15-16-37(9)29(35)14-13-26-27-24-33(3,4)17-19-38(27,32(43)44-10)20-18-36(26,37)8/h13,25,27-29H,11-12,14-24H2,1-10H3,(H,39,42)/t25?,27?,28?,29?,35-,36+,37+,38-/m0/s1. The number of hydrogen-bond donors (Lipinski definition) is 1. The van der Waals surface area contributed by atoms with E-state index in [2.05, 4.69) is 78.6 Å². The van der Waals surface area contributed by atoms with E-state index in [4.69, 9.17) is 4.74 Å². The third-order valence-electron chi connectivity index (χ3n) is 14.9. The van der Waals surface area contributed by atoms with Gasteiger partial charge in [-0.05, 0) is 110 Å². The second kappa shape index (κ2) is 11.2. The second-order valence-corrected chi connectivity index (χ2v) is 17.5. The number of methoxy groups -OCH3 is 1. The second-order valence-electron chi connectivity index (χ2n) is 17.5. The normalized spacial score (nSPS) is 42.2. The summed E-state index contributed by atoms with van der Waals surface area (Å²) in [5, 5.41) is 3.17. The van der Waals surface area contributed by atoms with Gasteiger partial charge in [-0.25, -0.2) is 0 Å². The number of likely N-dealkylation sites (N-methyl/N-ethyl adjacent to an activating group) is 1. The fraction of sp³-hybridized carbons (Fsp3) is 0.868. The van der Waals surface area contributed by atoms with Crippen LogP contribution in [0.25, 0.3) is 0 Å². The summed E-state index contributed by atoms with van der Waals surface area (Å²) < 4.78 is 5.53. The van der Waals surface area contributed by atoms with Crippen molar-refractivity contribution in [3.63, 3.8) is 0 Å². The van der Waals surface area contributed by atoms with Crippen molar-refractivity contribution in [2.45, 2.75) is 120 Å². The van der Waals surface area contributed by atoms with Gasteiger partial charge < -0.3 is 15.0 Å². The van der Waals surface area contributed by atoms with Gasteiger partial charge in [-0.15, -0.1) is 0 Å². The average Bonchev–Trinajstić information content (AvgIpc) is 2.96. The number of nitrogens with zero attached hydrogens (tertiary/aromatic N) is 1. The number of ketones is 1. The Bertz CT molecular complexity index is 1200. The lowest BCUT2D eigenvalue weighted by Crippen LogP contribution is -2.66. The highest BCUT2D eigenvalue weighted by Crippen LogP contribution is 2.75. The summed E-state index contributed by atoms with van der Waals surface area (Å²) in [4.78, 5) is 43.6. The van der Waals surface area contributed by atoms with Gasteiger partial charge in [0.15, 0.2) is 5.78 Å². The van der Waals surface area contributed by atoms with Crippen LogP contribution in [0.4, 0.5) is 0 Å². The van der Waals surface area contributed by atoms with Gasteiger partial charge in [-0.3, -0.25) is 14.4 Å². The molecule has 0 aromatic heterocycles. The van der Waals surface area contributed by atoms with Crippen molar-refractivity contribution in [3.05, 3.63) is 11.6 Å². The number of Topliss-reactive ketones (excluding diaryl/α,β-unsaturated/α-hetero) is 1. The summed E-state index contributed by atoms with van der Waals surface area (Å²) in [5.41, 5.74) is 0.646. The zero-order valence-corrected chi connectivity index (χ0v) is 29.7. The van der Waals surface area contributed by atoms with Gasteiger partial charge >= 0.3 is 5.97 Å². The van der Waals surface area contributed by atoms with Crippen molar-refractivity contribution in [3.8, 4) is 0 Å². The number of ether oxygens (including phenoxy) is 1. The monoisotopic (exact) mass is 610 g/mol. The lowest BCUT2D eigenvalue weighted by molar-refractivity contribution is -0.196. The first-order valence-electron chi connectivity index (χ1n) is 17.8. The highest BCUT2D eigenvalue weighted by atomic mass is 16.5. The number of esters is 1. The van der Waals surface area contributed by atoms with Crippen LogP contribution in [-0.4, -0.2) is 55.8 Å². The Labute approximate surface area is 267 Å². The molecule has 0 bridgehead atoms. The minimum Gasteiger partial charge on any atom is -0.469 e. The third kappa shape index (κ3) is 4.77. The van der Waals surface area contributed by atoms with E-state index < -0.39 is 16.7 Å². The fourth-order valence-corrected chi connectivity index (χ4v) is 12.0. The Balaban J connectivity index is 1.50. The van der Waals surface area contributed by atoms with Gasteiger partial charge in [0.05, 0.1) is 18.4 Å². The smallest absolute Gasteiger partial charge is 0.312 e. The first kappa shape index (κ1) is 33.7. The van der Waals surface area contributed by atoms with Crippen molar-refractivity contribution in [1.29, 1.82) is 0 Å². The van der Waals surface area contributed by atoms with E-state index in [-0.39, 0.29) is 51.2 Å². The maximum atomic E-state index is 14.0. The lowest BCUT2D eigenvalue weighted by atomic mass is 9.33. The third-order valence-corrected chi connectivity index (χ3v) is 14.9. The Morgan fingerprint density at radius 2 is 1.59 bits per heavy atom. The van der Waals surface area contributed by atoms with Crippen molar-refractivity contribution >= 4 is 17.7 Å². The molecule has 0 radical (unpaired) electrons. The Hall–Kier alpha value is -1.69. The van der Waals surface area contributed by atoms with Crippen LogP contribution in [0.15, 0.2) is 11.6 Å². The molecule has 44 heavy (non-hydrogen) atoms. The summed E-state index contributed by atoms with van der Waals surface area (Å²) in [6, 6.07) is 0. The van der Waals surface area contributed by atoms with Crippen LogP contribution in [-0.2, 0) is 19.1 Å². The summed E-state index contributed by atoms with van der Waals surface area (Å²) in [7, 11) is 1.57. The first-order valence-corrected chi connectivity index (χ1v) is 17.8. The number of carbonyl (C=O) groups is 3. The van der Waals surface area contributed by atoms with Crippen molar-refractivity contribution in [2.75, 3.05) is 33.3 Å². The van der Waals surface area contributed by atoms with Crippen LogP contribution in [0, 0.1) is 56.2 Å². The van der Waals surface area contributed by atoms with E-state index in [0.717, 1.165) is 71.0 Å². The highest BCUT2D eigenvalue weighted by Gasteiger charge is 2.70. The molecule has 0 aliphatic heterocycles. The van der Waals surface area contributed by atoms with Crippen molar-refractivity contribution < 1.29 is 19.1 Å². The van der Waals surface area contributed by atoms with Gasteiger partial charge in [-0.2, -0.15) is 0 Å². The minimum absolute atomic E-state index is 0.00807. The van der Waals surface area contributed by atoms with Crippen LogP contribution in [0.2, 0.25) is 0 Å². The number of allylic oxidation sites excluding steroid dienone is 2.